The van der Waals surface area contributed by atoms with Gasteiger partial charge in [0.25, 0.3) is 0 Å². The SMILES string of the molecule is CCOC(=O)/C(=C\c1cn(C(C)=O)c2ccccc12)P(=O)(OC)OC. The third-order valence-electron chi connectivity index (χ3n) is 3.63. The molecule has 2 aromatic rings. The van der Waals surface area contributed by atoms with Gasteiger partial charge in [0.1, 0.15) is 5.31 Å². The minimum absolute atomic E-state index is 0.110. The number of carbonyl (C=O) groups excluding carboxylic acids is 2. The van der Waals surface area contributed by atoms with Gasteiger partial charge >= 0.3 is 13.6 Å². The summed E-state index contributed by atoms with van der Waals surface area (Å²) in [4.78, 5) is 24.1. The Labute approximate surface area is 145 Å². The molecule has 0 saturated heterocycles. The molecule has 0 spiro atoms. The monoisotopic (exact) mass is 365 g/mol. The third kappa shape index (κ3) is 3.74. The Morgan fingerprint density at radius 3 is 2.40 bits per heavy atom. The zero-order valence-corrected chi connectivity index (χ0v) is 15.4. The molecular formula is C17H20NO6P. The second kappa shape index (κ2) is 7.78. The van der Waals surface area contributed by atoms with E-state index in [4.69, 9.17) is 13.8 Å². The molecule has 1 aromatic heterocycles. The lowest BCUT2D eigenvalue weighted by Gasteiger charge is -2.16. The van der Waals surface area contributed by atoms with E-state index in [9.17, 15) is 14.2 Å². The number of benzene rings is 1. The van der Waals surface area contributed by atoms with Crippen molar-refractivity contribution < 1.29 is 27.9 Å². The van der Waals surface area contributed by atoms with Crippen molar-refractivity contribution in [2.45, 2.75) is 13.8 Å². The van der Waals surface area contributed by atoms with Gasteiger partial charge in [0.2, 0.25) is 5.91 Å². The van der Waals surface area contributed by atoms with Gasteiger partial charge in [-0.25, -0.2) is 4.79 Å². The number of nitrogens with zero attached hydrogens (tertiary/aromatic N) is 1. The number of hydrogen-bond acceptors (Lipinski definition) is 6. The first-order chi connectivity index (χ1) is 11.9. The number of ether oxygens (including phenoxy) is 1. The standard InChI is InChI=1S/C17H20NO6P/c1-5-24-17(20)16(25(21,22-3)23-4)10-13-11-18(12(2)19)15-9-7-6-8-14(13)15/h6-11H,5H2,1-4H3/b16-10+. The van der Waals surface area contributed by atoms with Crippen LogP contribution in [-0.4, -0.2) is 37.3 Å². The van der Waals surface area contributed by atoms with Crippen LogP contribution in [0.5, 0.6) is 0 Å². The summed E-state index contributed by atoms with van der Waals surface area (Å²) >= 11 is 0. The first kappa shape index (κ1) is 19.1. The Morgan fingerprint density at radius 1 is 1.20 bits per heavy atom. The minimum Gasteiger partial charge on any atom is -0.462 e. The largest absolute Gasteiger partial charge is 0.462 e. The van der Waals surface area contributed by atoms with Gasteiger partial charge in [-0.3, -0.25) is 13.9 Å². The average molecular weight is 365 g/mol. The number of carbonyl (C=O) groups is 2. The lowest BCUT2D eigenvalue weighted by atomic mass is 10.1. The molecule has 8 heteroatoms. The number of aromatic nitrogens is 1. The maximum atomic E-state index is 12.8. The fourth-order valence-corrected chi connectivity index (χ4v) is 3.58. The molecule has 0 atom stereocenters. The van der Waals surface area contributed by atoms with Crippen LogP contribution in [0.1, 0.15) is 24.2 Å². The summed E-state index contributed by atoms with van der Waals surface area (Å²) in [6, 6.07) is 7.19. The summed E-state index contributed by atoms with van der Waals surface area (Å²) < 4.78 is 29.1. The normalized spacial score (nSPS) is 12.4. The summed E-state index contributed by atoms with van der Waals surface area (Å²) in [5.41, 5.74) is 1.21. The molecule has 0 aliphatic rings. The summed E-state index contributed by atoms with van der Waals surface area (Å²) in [7, 11) is -1.46. The van der Waals surface area contributed by atoms with Crippen LogP contribution in [0.3, 0.4) is 0 Å². The zero-order valence-electron chi connectivity index (χ0n) is 14.5. The molecule has 0 radical (unpaired) electrons. The summed E-state index contributed by atoms with van der Waals surface area (Å²) in [6.07, 6.45) is 2.95. The molecule has 1 heterocycles. The van der Waals surface area contributed by atoms with Gasteiger partial charge in [-0.05, 0) is 19.1 Å². The van der Waals surface area contributed by atoms with Crippen molar-refractivity contribution >= 4 is 36.5 Å². The van der Waals surface area contributed by atoms with Crippen LogP contribution in [0.2, 0.25) is 0 Å². The topological polar surface area (TPSA) is 83.8 Å². The van der Waals surface area contributed by atoms with E-state index in [1.54, 1.807) is 37.4 Å². The second-order valence-corrected chi connectivity index (χ2v) is 7.31. The molecule has 0 aliphatic carbocycles. The van der Waals surface area contributed by atoms with Crippen molar-refractivity contribution in [1.82, 2.24) is 4.57 Å². The first-order valence-electron chi connectivity index (χ1n) is 7.59. The van der Waals surface area contributed by atoms with E-state index in [0.29, 0.717) is 11.1 Å². The molecule has 7 nitrogen and oxygen atoms in total. The lowest BCUT2D eigenvalue weighted by molar-refractivity contribution is -0.137. The smallest absolute Gasteiger partial charge is 0.368 e. The molecule has 134 valence electrons. The van der Waals surface area contributed by atoms with Crippen LogP contribution in [-0.2, 0) is 23.1 Å². The van der Waals surface area contributed by atoms with Crippen LogP contribution in [0.4, 0.5) is 0 Å². The van der Waals surface area contributed by atoms with E-state index in [1.165, 1.54) is 31.8 Å². The molecule has 0 N–H and O–H groups in total. The Morgan fingerprint density at radius 2 is 1.84 bits per heavy atom. The number of esters is 1. The number of para-hydroxylation sites is 1. The molecule has 25 heavy (non-hydrogen) atoms. The van der Waals surface area contributed by atoms with Gasteiger partial charge in [-0.2, -0.15) is 0 Å². The Hall–Kier alpha value is -2.21. The molecule has 0 saturated carbocycles. The van der Waals surface area contributed by atoms with Crippen LogP contribution in [0.15, 0.2) is 35.8 Å². The maximum Gasteiger partial charge on any atom is 0.368 e. The van der Waals surface area contributed by atoms with Crippen molar-refractivity contribution in [3.8, 4) is 0 Å². The summed E-state index contributed by atoms with van der Waals surface area (Å²) in [5.74, 6) is -0.982. The third-order valence-corrected chi connectivity index (χ3v) is 5.50. The van der Waals surface area contributed by atoms with Crippen LogP contribution >= 0.6 is 7.60 Å². The minimum atomic E-state index is -3.84. The summed E-state index contributed by atoms with van der Waals surface area (Å²) in [5, 5.41) is 0.490. The molecule has 0 aliphatic heterocycles. The number of fused-ring (bicyclic) bond motifs is 1. The highest BCUT2D eigenvalue weighted by atomic mass is 31.2. The molecule has 0 amide bonds. The van der Waals surface area contributed by atoms with E-state index < -0.39 is 13.6 Å². The molecule has 0 fully saturated rings. The Balaban J connectivity index is 2.72. The summed E-state index contributed by atoms with van der Waals surface area (Å²) in [6.45, 7) is 3.18. The van der Waals surface area contributed by atoms with E-state index in [1.807, 2.05) is 0 Å². The van der Waals surface area contributed by atoms with Gasteiger partial charge in [0, 0.05) is 38.3 Å². The fraction of sp³-hybridized carbons (Fsp3) is 0.294. The zero-order chi connectivity index (χ0) is 18.6. The van der Waals surface area contributed by atoms with Crippen molar-refractivity contribution in [3.63, 3.8) is 0 Å². The molecule has 0 unspecified atom stereocenters. The van der Waals surface area contributed by atoms with E-state index in [2.05, 4.69) is 0 Å². The lowest BCUT2D eigenvalue weighted by Crippen LogP contribution is -2.10. The van der Waals surface area contributed by atoms with Crippen molar-refractivity contribution in [3.05, 3.63) is 41.3 Å². The quantitative estimate of drug-likeness (QED) is 0.441. The Kier molecular flexibility index (Phi) is 5.95. The molecule has 2 rings (SSSR count). The van der Waals surface area contributed by atoms with E-state index in [0.717, 1.165) is 5.39 Å². The molecule has 0 bridgehead atoms. The van der Waals surface area contributed by atoms with Gasteiger partial charge in [-0.15, -0.1) is 0 Å². The highest BCUT2D eigenvalue weighted by molar-refractivity contribution is 7.60. The van der Waals surface area contributed by atoms with Gasteiger partial charge in [0.05, 0.1) is 12.1 Å². The van der Waals surface area contributed by atoms with Crippen LogP contribution < -0.4 is 0 Å². The van der Waals surface area contributed by atoms with Gasteiger partial charge in [-0.1, -0.05) is 18.2 Å². The van der Waals surface area contributed by atoms with Crippen molar-refractivity contribution in [2.24, 2.45) is 0 Å². The van der Waals surface area contributed by atoms with Crippen LogP contribution in [0, 0.1) is 0 Å². The highest BCUT2D eigenvalue weighted by Crippen LogP contribution is 2.55. The van der Waals surface area contributed by atoms with Gasteiger partial charge < -0.3 is 13.8 Å². The van der Waals surface area contributed by atoms with Crippen molar-refractivity contribution in [2.75, 3.05) is 20.8 Å². The highest BCUT2D eigenvalue weighted by Gasteiger charge is 2.34. The first-order valence-corrected chi connectivity index (χ1v) is 9.14. The second-order valence-electron chi connectivity index (χ2n) is 5.10. The predicted octanol–water partition coefficient (Wildman–Crippen LogP) is 3.69. The number of rotatable bonds is 6. The molecular weight excluding hydrogens is 345 g/mol. The Bertz CT molecular complexity index is 874. The average Bonchev–Trinajstić information content (AvgIpc) is 2.98. The van der Waals surface area contributed by atoms with Crippen molar-refractivity contribution in [1.29, 1.82) is 0 Å². The predicted molar refractivity (Wildman–Crippen MR) is 94.5 cm³/mol. The fourth-order valence-electron chi connectivity index (χ4n) is 2.45. The maximum absolute atomic E-state index is 12.8. The van der Waals surface area contributed by atoms with Gasteiger partial charge in [0.15, 0.2) is 0 Å². The molecule has 1 aromatic carbocycles. The number of hydrogen-bond donors (Lipinski definition) is 0. The van der Waals surface area contributed by atoms with E-state index >= 15 is 0 Å². The van der Waals surface area contributed by atoms with Crippen LogP contribution in [0.25, 0.3) is 17.0 Å². The van der Waals surface area contributed by atoms with E-state index in [-0.39, 0.29) is 17.8 Å².